The molecule has 0 heterocycles. The van der Waals surface area contributed by atoms with Gasteiger partial charge in [0.25, 0.3) is 0 Å². The van der Waals surface area contributed by atoms with Crippen LogP contribution >= 0.6 is 12.4 Å². The fourth-order valence-corrected chi connectivity index (χ4v) is 0.416. The molecule has 0 unspecified atom stereocenters. The predicted octanol–water partition coefficient (Wildman–Crippen LogP) is -1.25. The summed E-state index contributed by atoms with van der Waals surface area (Å²) in [7, 11) is 0. The lowest BCUT2D eigenvalue weighted by molar-refractivity contribution is -0.127. The molecule has 0 aliphatic rings. The quantitative estimate of drug-likeness (QED) is 0.525. The molecule has 0 spiro atoms. The third kappa shape index (κ3) is 4.92. The third-order valence-electron chi connectivity index (χ3n) is 1.20. The molecule has 0 aromatic rings. The number of hydrogen-bond donors (Lipinski definition) is 3. The molecule has 0 fully saturated rings. The van der Waals surface area contributed by atoms with E-state index < -0.39 is 18.0 Å². The molecule has 0 saturated carbocycles. The van der Waals surface area contributed by atoms with Gasteiger partial charge in [0.1, 0.15) is 6.04 Å². The Bertz CT molecular complexity index is 172. The molecular formula is C6H14ClN3O2. The Labute approximate surface area is 77.3 Å². The zero-order chi connectivity index (χ0) is 9.02. The molecule has 12 heavy (non-hydrogen) atoms. The van der Waals surface area contributed by atoms with Crippen LogP contribution in [0.15, 0.2) is 0 Å². The standard InChI is InChI=1S/C6H13N3O2.ClH/c1-3(7)6(11)9-4(2)5(8)10;/h3-4H,7H2,1-2H3,(H2,8,10)(H,9,11);1H/t3-,4-;/m1./s1. The van der Waals surface area contributed by atoms with Gasteiger partial charge in [0.15, 0.2) is 0 Å². The second-order valence-electron chi connectivity index (χ2n) is 2.42. The minimum Gasteiger partial charge on any atom is -0.368 e. The highest BCUT2D eigenvalue weighted by molar-refractivity contribution is 5.88. The number of carbonyl (C=O) groups excluding carboxylic acids is 2. The first kappa shape index (κ1) is 13.8. The second-order valence-corrected chi connectivity index (χ2v) is 2.42. The van der Waals surface area contributed by atoms with E-state index in [1.54, 1.807) is 0 Å². The largest absolute Gasteiger partial charge is 0.368 e. The van der Waals surface area contributed by atoms with Crippen molar-refractivity contribution in [2.75, 3.05) is 0 Å². The molecule has 5 nitrogen and oxygen atoms in total. The molecule has 0 aromatic heterocycles. The summed E-state index contributed by atoms with van der Waals surface area (Å²) in [6.07, 6.45) is 0. The van der Waals surface area contributed by atoms with Crippen molar-refractivity contribution in [2.45, 2.75) is 25.9 Å². The van der Waals surface area contributed by atoms with Crippen molar-refractivity contribution in [3.8, 4) is 0 Å². The molecule has 0 aliphatic heterocycles. The summed E-state index contributed by atoms with van der Waals surface area (Å²) in [4.78, 5) is 21.2. The summed E-state index contributed by atoms with van der Waals surface area (Å²) in [6.45, 7) is 3.03. The van der Waals surface area contributed by atoms with Gasteiger partial charge in [-0.3, -0.25) is 9.59 Å². The minimum absolute atomic E-state index is 0. The molecule has 5 N–H and O–H groups in total. The number of carbonyl (C=O) groups is 2. The van der Waals surface area contributed by atoms with Crippen molar-refractivity contribution < 1.29 is 9.59 Å². The highest BCUT2D eigenvalue weighted by atomic mass is 35.5. The third-order valence-corrected chi connectivity index (χ3v) is 1.20. The van der Waals surface area contributed by atoms with Crippen LogP contribution in [0.4, 0.5) is 0 Å². The Balaban J connectivity index is 0. The van der Waals surface area contributed by atoms with Gasteiger partial charge >= 0.3 is 0 Å². The van der Waals surface area contributed by atoms with Crippen molar-refractivity contribution in [1.82, 2.24) is 5.32 Å². The average Bonchev–Trinajstić information content (AvgIpc) is 1.87. The molecular weight excluding hydrogens is 182 g/mol. The SMILES string of the molecule is C[C@@H](N)C(=O)N[C@H](C)C(N)=O.Cl. The van der Waals surface area contributed by atoms with Gasteiger partial charge < -0.3 is 16.8 Å². The van der Waals surface area contributed by atoms with E-state index in [1.807, 2.05) is 0 Å². The maximum absolute atomic E-state index is 10.8. The van der Waals surface area contributed by atoms with E-state index in [-0.39, 0.29) is 18.3 Å². The van der Waals surface area contributed by atoms with Gasteiger partial charge in [-0.05, 0) is 13.8 Å². The van der Waals surface area contributed by atoms with E-state index in [0.717, 1.165) is 0 Å². The lowest BCUT2D eigenvalue weighted by Crippen LogP contribution is -2.47. The van der Waals surface area contributed by atoms with Crippen LogP contribution in [0.1, 0.15) is 13.8 Å². The molecule has 0 aromatic carbocycles. The van der Waals surface area contributed by atoms with E-state index >= 15 is 0 Å². The molecule has 0 bridgehead atoms. The first-order valence-electron chi connectivity index (χ1n) is 3.30. The van der Waals surface area contributed by atoms with Crippen molar-refractivity contribution in [3.63, 3.8) is 0 Å². The summed E-state index contributed by atoms with van der Waals surface area (Å²) in [5.41, 5.74) is 10.1. The molecule has 0 aliphatic carbocycles. The molecule has 0 rings (SSSR count). The van der Waals surface area contributed by atoms with Crippen molar-refractivity contribution in [1.29, 1.82) is 0 Å². The zero-order valence-corrected chi connectivity index (χ0v) is 7.85. The topological polar surface area (TPSA) is 98.2 Å². The number of primary amides is 1. The van der Waals surface area contributed by atoms with E-state index in [0.29, 0.717) is 0 Å². The van der Waals surface area contributed by atoms with Crippen LogP contribution in [0.2, 0.25) is 0 Å². The Hall–Kier alpha value is -0.810. The van der Waals surface area contributed by atoms with Crippen LogP contribution in [-0.2, 0) is 9.59 Å². The lowest BCUT2D eigenvalue weighted by atomic mass is 10.3. The number of nitrogens with one attached hydrogen (secondary N) is 1. The molecule has 0 radical (unpaired) electrons. The predicted molar refractivity (Wildman–Crippen MR) is 47.7 cm³/mol. The fourth-order valence-electron chi connectivity index (χ4n) is 0.416. The van der Waals surface area contributed by atoms with E-state index in [1.165, 1.54) is 13.8 Å². The minimum atomic E-state index is -0.659. The Kier molecular flexibility index (Phi) is 6.64. The van der Waals surface area contributed by atoms with Gasteiger partial charge in [-0.25, -0.2) is 0 Å². The van der Waals surface area contributed by atoms with Gasteiger partial charge in [-0.1, -0.05) is 0 Å². The molecule has 2 atom stereocenters. The number of rotatable bonds is 3. The van der Waals surface area contributed by atoms with Gasteiger partial charge in [0, 0.05) is 0 Å². The average molecular weight is 196 g/mol. The van der Waals surface area contributed by atoms with Crippen LogP contribution in [0.25, 0.3) is 0 Å². The summed E-state index contributed by atoms with van der Waals surface area (Å²) >= 11 is 0. The van der Waals surface area contributed by atoms with Crippen LogP contribution in [-0.4, -0.2) is 23.9 Å². The second kappa shape index (κ2) is 5.79. The Morgan fingerprint density at radius 2 is 1.75 bits per heavy atom. The van der Waals surface area contributed by atoms with Crippen molar-refractivity contribution in [3.05, 3.63) is 0 Å². The highest BCUT2D eigenvalue weighted by Gasteiger charge is 2.14. The molecule has 2 amide bonds. The normalized spacial score (nSPS) is 13.9. The number of halogens is 1. The molecule has 0 saturated heterocycles. The zero-order valence-electron chi connectivity index (χ0n) is 7.03. The van der Waals surface area contributed by atoms with Gasteiger partial charge in [-0.2, -0.15) is 0 Å². The van der Waals surface area contributed by atoms with E-state index in [9.17, 15) is 9.59 Å². The lowest BCUT2D eigenvalue weighted by Gasteiger charge is -2.11. The number of hydrogen-bond acceptors (Lipinski definition) is 3. The summed E-state index contributed by atoms with van der Waals surface area (Å²) in [5, 5.41) is 2.34. The van der Waals surface area contributed by atoms with Crippen LogP contribution in [0.3, 0.4) is 0 Å². The van der Waals surface area contributed by atoms with Gasteiger partial charge in [0.2, 0.25) is 11.8 Å². The van der Waals surface area contributed by atoms with Crippen LogP contribution < -0.4 is 16.8 Å². The van der Waals surface area contributed by atoms with Gasteiger partial charge in [-0.15, -0.1) is 12.4 Å². The van der Waals surface area contributed by atoms with Crippen LogP contribution in [0.5, 0.6) is 0 Å². The monoisotopic (exact) mass is 195 g/mol. The first-order valence-corrected chi connectivity index (χ1v) is 3.30. The Morgan fingerprint density at radius 1 is 1.33 bits per heavy atom. The Morgan fingerprint density at radius 3 is 2.00 bits per heavy atom. The van der Waals surface area contributed by atoms with E-state index in [4.69, 9.17) is 11.5 Å². The first-order chi connectivity index (χ1) is 4.95. The number of amides is 2. The summed E-state index contributed by atoms with van der Waals surface area (Å²) in [6, 6.07) is -1.27. The van der Waals surface area contributed by atoms with Crippen LogP contribution in [0, 0.1) is 0 Å². The maximum atomic E-state index is 10.8. The summed E-state index contributed by atoms with van der Waals surface area (Å²) in [5.74, 6) is -0.949. The smallest absolute Gasteiger partial charge is 0.239 e. The fraction of sp³-hybridized carbons (Fsp3) is 0.667. The highest BCUT2D eigenvalue weighted by Crippen LogP contribution is 1.81. The molecule has 72 valence electrons. The number of nitrogens with two attached hydrogens (primary N) is 2. The maximum Gasteiger partial charge on any atom is 0.239 e. The van der Waals surface area contributed by atoms with Gasteiger partial charge in [0.05, 0.1) is 6.04 Å². The van der Waals surface area contributed by atoms with E-state index in [2.05, 4.69) is 5.32 Å². The summed E-state index contributed by atoms with van der Waals surface area (Å²) < 4.78 is 0. The molecule has 6 heteroatoms. The van der Waals surface area contributed by atoms with Crippen molar-refractivity contribution >= 4 is 24.2 Å². The van der Waals surface area contributed by atoms with Crippen molar-refractivity contribution in [2.24, 2.45) is 11.5 Å².